The number of carbonyl (C=O) groups excluding carboxylic acids is 1. The first-order chi connectivity index (χ1) is 13.1. The van der Waals surface area contributed by atoms with Gasteiger partial charge in [-0.25, -0.2) is 4.79 Å². The quantitative estimate of drug-likeness (QED) is 0.298. The molecule has 1 aromatic heterocycles. The fourth-order valence-electron chi connectivity index (χ4n) is 2.62. The Balaban J connectivity index is 1.98. The van der Waals surface area contributed by atoms with Crippen LogP contribution in [0.3, 0.4) is 0 Å². The normalized spacial score (nSPS) is 11.4. The van der Waals surface area contributed by atoms with Gasteiger partial charge in [0.15, 0.2) is 0 Å². The SMILES string of the molecule is CCOC(=O)c1cc(-c2ccccc2)nn1C/C(=N/O)c1ccc(Cl)cc1. The minimum Gasteiger partial charge on any atom is -0.461 e. The molecule has 27 heavy (non-hydrogen) atoms. The lowest BCUT2D eigenvalue weighted by molar-refractivity contribution is 0.0513. The van der Waals surface area contributed by atoms with E-state index in [9.17, 15) is 10.0 Å². The van der Waals surface area contributed by atoms with E-state index in [1.54, 1.807) is 37.3 Å². The van der Waals surface area contributed by atoms with Crippen LogP contribution < -0.4 is 0 Å². The molecule has 0 unspecified atom stereocenters. The van der Waals surface area contributed by atoms with Crippen molar-refractivity contribution in [3.63, 3.8) is 0 Å². The number of rotatable bonds is 6. The summed E-state index contributed by atoms with van der Waals surface area (Å²) >= 11 is 5.91. The highest BCUT2D eigenvalue weighted by Crippen LogP contribution is 2.20. The van der Waals surface area contributed by atoms with Crippen molar-refractivity contribution < 1.29 is 14.7 Å². The first-order valence-corrected chi connectivity index (χ1v) is 8.77. The smallest absolute Gasteiger partial charge is 0.356 e. The van der Waals surface area contributed by atoms with E-state index in [1.807, 2.05) is 30.3 Å². The molecule has 0 aliphatic carbocycles. The number of ether oxygens (including phenoxy) is 1. The molecular formula is C20H18ClN3O3. The molecule has 0 saturated carbocycles. The van der Waals surface area contributed by atoms with Gasteiger partial charge in [0.05, 0.1) is 18.8 Å². The highest BCUT2D eigenvalue weighted by molar-refractivity contribution is 6.30. The van der Waals surface area contributed by atoms with Crippen LogP contribution in [0, 0.1) is 0 Å². The molecule has 0 amide bonds. The lowest BCUT2D eigenvalue weighted by atomic mass is 10.1. The predicted octanol–water partition coefficient (Wildman–Crippen LogP) is 4.26. The predicted molar refractivity (Wildman–Crippen MR) is 103 cm³/mol. The van der Waals surface area contributed by atoms with Gasteiger partial charge >= 0.3 is 5.97 Å². The van der Waals surface area contributed by atoms with Gasteiger partial charge in [0.1, 0.15) is 11.4 Å². The van der Waals surface area contributed by atoms with E-state index in [0.717, 1.165) is 5.56 Å². The van der Waals surface area contributed by atoms with Gasteiger partial charge in [-0.15, -0.1) is 0 Å². The molecule has 0 radical (unpaired) electrons. The number of hydrogen-bond donors (Lipinski definition) is 1. The van der Waals surface area contributed by atoms with E-state index >= 15 is 0 Å². The summed E-state index contributed by atoms with van der Waals surface area (Å²) in [6.45, 7) is 2.09. The fourth-order valence-corrected chi connectivity index (χ4v) is 2.75. The number of esters is 1. The van der Waals surface area contributed by atoms with Crippen LogP contribution in [0.2, 0.25) is 5.02 Å². The fraction of sp³-hybridized carbons (Fsp3) is 0.150. The van der Waals surface area contributed by atoms with Crippen LogP contribution in [-0.2, 0) is 11.3 Å². The lowest BCUT2D eigenvalue weighted by Gasteiger charge is -2.09. The van der Waals surface area contributed by atoms with Gasteiger partial charge in [-0.1, -0.05) is 59.2 Å². The molecule has 0 bridgehead atoms. The number of halogens is 1. The first-order valence-electron chi connectivity index (χ1n) is 8.39. The lowest BCUT2D eigenvalue weighted by Crippen LogP contribution is -2.19. The highest BCUT2D eigenvalue weighted by Gasteiger charge is 2.19. The van der Waals surface area contributed by atoms with Crippen molar-refractivity contribution in [2.75, 3.05) is 6.61 Å². The van der Waals surface area contributed by atoms with E-state index in [1.165, 1.54) is 4.68 Å². The maximum atomic E-state index is 12.4. The first kappa shape index (κ1) is 18.7. The van der Waals surface area contributed by atoms with Crippen molar-refractivity contribution in [3.8, 4) is 11.3 Å². The average molecular weight is 384 g/mol. The summed E-state index contributed by atoms with van der Waals surface area (Å²) in [6.07, 6.45) is 0. The number of aromatic nitrogens is 2. The monoisotopic (exact) mass is 383 g/mol. The molecule has 1 heterocycles. The van der Waals surface area contributed by atoms with Crippen molar-refractivity contribution in [2.45, 2.75) is 13.5 Å². The Labute approximate surface area is 161 Å². The van der Waals surface area contributed by atoms with Gasteiger partial charge in [0, 0.05) is 16.1 Å². The highest BCUT2D eigenvalue weighted by atomic mass is 35.5. The van der Waals surface area contributed by atoms with Gasteiger partial charge in [-0.05, 0) is 25.1 Å². The minimum atomic E-state index is -0.486. The van der Waals surface area contributed by atoms with Gasteiger partial charge in [0.2, 0.25) is 0 Å². The number of benzene rings is 2. The Bertz CT molecular complexity index is 950. The van der Waals surface area contributed by atoms with E-state index < -0.39 is 5.97 Å². The van der Waals surface area contributed by atoms with Crippen LogP contribution >= 0.6 is 11.6 Å². The van der Waals surface area contributed by atoms with Gasteiger partial charge < -0.3 is 9.94 Å². The molecule has 3 aromatic rings. The Morgan fingerprint density at radius 2 is 1.89 bits per heavy atom. The molecular weight excluding hydrogens is 366 g/mol. The largest absolute Gasteiger partial charge is 0.461 e. The Morgan fingerprint density at radius 3 is 2.52 bits per heavy atom. The van der Waals surface area contributed by atoms with E-state index in [4.69, 9.17) is 16.3 Å². The zero-order valence-corrected chi connectivity index (χ0v) is 15.4. The number of hydrogen-bond acceptors (Lipinski definition) is 5. The average Bonchev–Trinajstić information content (AvgIpc) is 3.12. The Kier molecular flexibility index (Phi) is 5.88. The number of carbonyl (C=O) groups is 1. The third-order valence-corrected chi connectivity index (χ3v) is 4.18. The molecule has 1 N–H and O–H groups in total. The number of oxime groups is 1. The summed E-state index contributed by atoms with van der Waals surface area (Å²) in [5.74, 6) is -0.486. The second-order valence-corrected chi connectivity index (χ2v) is 6.15. The van der Waals surface area contributed by atoms with Crippen LogP contribution in [-0.4, -0.2) is 33.3 Å². The van der Waals surface area contributed by atoms with Crippen LogP contribution in [0.4, 0.5) is 0 Å². The van der Waals surface area contributed by atoms with Crippen molar-refractivity contribution in [1.82, 2.24) is 9.78 Å². The van der Waals surface area contributed by atoms with Crippen LogP contribution in [0.25, 0.3) is 11.3 Å². The van der Waals surface area contributed by atoms with Crippen LogP contribution in [0.15, 0.2) is 65.8 Å². The molecule has 0 aliphatic rings. The Morgan fingerprint density at radius 1 is 1.19 bits per heavy atom. The second-order valence-electron chi connectivity index (χ2n) is 5.71. The van der Waals surface area contributed by atoms with Crippen LogP contribution in [0.5, 0.6) is 0 Å². The maximum Gasteiger partial charge on any atom is 0.356 e. The molecule has 0 atom stereocenters. The molecule has 3 rings (SSSR count). The van der Waals surface area contributed by atoms with Gasteiger partial charge in [-0.2, -0.15) is 5.10 Å². The van der Waals surface area contributed by atoms with Gasteiger partial charge in [0.25, 0.3) is 0 Å². The summed E-state index contributed by atoms with van der Waals surface area (Å²) in [6, 6.07) is 18.1. The number of nitrogens with zero attached hydrogens (tertiary/aromatic N) is 3. The molecule has 138 valence electrons. The van der Waals surface area contributed by atoms with E-state index in [-0.39, 0.29) is 18.8 Å². The molecule has 6 nitrogen and oxygen atoms in total. The van der Waals surface area contributed by atoms with Crippen molar-refractivity contribution in [3.05, 3.63) is 76.9 Å². The molecule has 7 heteroatoms. The van der Waals surface area contributed by atoms with Gasteiger partial charge in [-0.3, -0.25) is 4.68 Å². The topological polar surface area (TPSA) is 76.7 Å². The maximum absolute atomic E-state index is 12.4. The summed E-state index contributed by atoms with van der Waals surface area (Å²) in [4.78, 5) is 12.4. The van der Waals surface area contributed by atoms with Crippen molar-refractivity contribution in [2.24, 2.45) is 5.16 Å². The zero-order valence-electron chi connectivity index (χ0n) is 14.7. The third-order valence-electron chi connectivity index (χ3n) is 3.93. The molecule has 0 saturated heterocycles. The molecule has 0 spiro atoms. The van der Waals surface area contributed by atoms with Crippen molar-refractivity contribution in [1.29, 1.82) is 0 Å². The molecule has 0 fully saturated rings. The summed E-state index contributed by atoms with van der Waals surface area (Å²) in [5, 5.41) is 17.9. The van der Waals surface area contributed by atoms with Crippen molar-refractivity contribution >= 4 is 23.3 Å². The Hall–Kier alpha value is -3.12. The summed E-state index contributed by atoms with van der Waals surface area (Å²) in [7, 11) is 0. The zero-order chi connectivity index (χ0) is 19.2. The minimum absolute atomic E-state index is 0.0963. The summed E-state index contributed by atoms with van der Waals surface area (Å²) in [5.41, 5.74) is 2.81. The van der Waals surface area contributed by atoms with E-state index in [2.05, 4.69) is 10.3 Å². The summed E-state index contributed by atoms with van der Waals surface area (Å²) < 4.78 is 6.61. The standard InChI is InChI=1S/C20H18ClN3O3/c1-2-27-20(25)19-12-17(14-6-4-3-5-7-14)22-24(19)13-18(23-26)15-8-10-16(21)11-9-15/h3-12,26H,2,13H2,1H3/b23-18-. The second kappa shape index (κ2) is 8.51. The van der Waals surface area contributed by atoms with E-state index in [0.29, 0.717) is 22.0 Å². The molecule has 0 aliphatic heterocycles. The third kappa shape index (κ3) is 4.35. The van der Waals surface area contributed by atoms with Crippen LogP contribution in [0.1, 0.15) is 23.0 Å². The molecule has 2 aromatic carbocycles.